The van der Waals surface area contributed by atoms with Gasteiger partial charge in [0.25, 0.3) is 0 Å². The number of aryl methyl sites for hydroxylation is 1. The van der Waals surface area contributed by atoms with E-state index in [2.05, 4.69) is 10.4 Å². The number of carbonyl (C=O) groups excluding carboxylic acids is 1. The Hall–Kier alpha value is -3.08. The third-order valence-corrected chi connectivity index (χ3v) is 3.47. The molecule has 0 radical (unpaired) electrons. The number of hydrogen-bond donors (Lipinski definition) is 2. The number of hydrogen-bond acceptors (Lipinski definition) is 3. The molecular weight excluding hydrogens is 290 g/mol. The summed E-state index contributed by atoms with van der Waals surface area (Å²) in [7, 11) is 0. The van der Waals surface area contributed by atoms with Crippen LogP contribution in [0.5, 0.6) is 5.75 Å². The molecule has 3 aromatic rings. The van der Waals surface area contributed by atoms with Crippen LogP contribution in [0.3, 0.4) is 0 Å². The van der Waals surface area contributed by atoms with Gasteiger partial charge in [-0.1, -0.05) is 30.3 Å². The average molecular weight is 307 g/mol. The summed E-state index contributed by atoms with van der Waals surface area (Å²) in [6.07, 6.45) is 2.00. The number of carbonyl (C=O) groups is 1. The van der Waals surface area contributed by atoms with Gasteiger partial charge in [-0.3, -0.25) is 4.79 Å². The molecule has 1 amide bonds. The van der Waals surface area contributed by atoms with Gasteiger partial charge in [0.1, 0.15) is 5.75 Å². The highest BCUT2D eigenvalue weighted by Crippen LogP contribution is 2.17. The molecule has 23 heavy (non-hydrogen) atoms. The van der Waals surface area contributed by atoms with E-state index in [1.807, 2.05) is 37.3 Å². The normalized spacial score (nSPS) is 10.5. The van der Waals surface area contributed by atoms with Gasteiger partial charge < -0.3 is 10.4 Å². The van der Waals surface area contributed by atoms with E-state index in [9.17, 15) is 9.90 Å². The second-order valence-corrected chi connectivity index (χ2v) is 5.30. The standard InChI is InChI=1S/C18H17N3O2/c1-13-17(12-21(20-13)15-7-3-2-4-8-15)19-18(23)11-14-6-5-9-16(22)10-14/h2-10,12,22H,11H2,1H3,(H,19,23). The lowest BCUT2D eigenvalue weighted by Gasteiger charge is -2.04. The van der Waals surface area contributed by atoms with E-state index >= 15 is 0 Å². The Balaban J connectivity index is 1.73. The number of nitrogens with zero attached hydrogens (tertiary/aromatic N) is 2. The largest absolute Gasteiger partial charge is 0.508 e. The van der Waals surface area contributed by atoms with E-state index in [1.165, 1.54) is 0 Å². The molecular formula is C18H17N3O2. The van der Waals surface area contributed by atoms with Crippen LogP contribution in [0.4, 0.5) is 5.69 Å². The topological polar surface area (TPSA) is 67.2 Å². The molecule has 5 heteroatoms. The van der Waals surface area contributed by atoms with Crippen molar-refractivity contribution in [2.24, 2.45) is 0 Å². The summed E-state index contributed by atoms with van der Waals surface area (Å²) in [4.78, 5) is 12.2. The molecule has 0 spiro atoms. The zero-order chi connectivity index (χ0) is 16.2. The smallest absolute Gasteiger partial charge is 0.228 e. The minimum Gasteiger partial charge on any atom is -0.508 e. The average Bonchev–Trinajstić information content (AvgIpc) is 2.89. The van der Waals surface area contributed by atoms with Crippen molar-refractivity contribution in [2.75, 3.05) is 5.32 Å². The molecule has 116 valence electrons. The highest BCUT2D eigenvalue weighted by molar-refractivity contribution is 5.92. The molecule has 0 bridgehead atoms. The van der Waals surface area contributed by atoms with Crippen LogP contribution >= 0.6 is 0 Å². The molecule has 2 aromatic carbocycles. The Kier molecular flexibility index (Phi) is 4.10. The monoisotopic (exact) mass is 307 g/mol. The summed E-state index contributed by atoms with van der Waals surface area (Å²) in [6, 6.07) is 16.4. The molecule has 0 aliphatic rings. The number of phenolic OH excluding ortho intramolecular Hbond substituents is 1. The summed E-state index contributed by atoms with van der Waals surface area (Å²) in [6.45, 7) is 1.85. The van der Waals surface area contributed by atoms with E-state index in [4.69, 9.17) is 0 Å². The van der Waals surface area contributed by atoms with Crippen LogP contribution in [0.2, 0.25) is 0 Å². The molecule has 0 aliphatic carbocycles. The maximum atomic E-state index is 12.2. The maximum Gasteiger partial charge on any atom is 0.228 e. The predicted octanol–water partition coefficient (Wildman–Crippen LogP) is 3.07. The van der Waals surface area contributed by atoms with E-state index in [0.29, 0.717) is 5.69 Å². The number of para-hydroxylation sites is 1. The second kappa shape index (κ2) is 6.36. The Morgan fingerprint density at radius 3 is 2.70 bits per heavy atom. The van der Waals surface area contributed by atoms with Crippen LogP contribution < -0.4 is 5.32 Å². The van der Waals surface area contributed by atoms with Crippen molar-refractivity contribution in [1.82, 2.24) is 9.78 Å². The molecule has 0 unspecified atom stereocenters. The fourth-order valence-electron chi connectivity index (χ4n) is 2.34. The summed E-state index contributed by atoms with van der Waals surface area (Å²) in [5, 5.41) is 16.7. The van der Waals surface area contributed by atoms with Gasteiger partial charge in [0.05, 0.1) is 29.7 Å². The minimum atomic E-state index is -0.147. The highest BCUT2D eigenvalue weighted by atomic mass is 16.3. The number of aromatic hydroxyl groups is 1. The van der Waals surface area contributed by atoms with E-state index in [1.54, 1.807) is 35.1 Å². The van der Waals surface area contributed by atoms with Crippen molar-refractivity contribution >= 4 is 11.6 Å². The van der Waals surface area contributed by atoms with Gasteiger partial charge in [-0.25, -0.2) is 4.68 Å². The number of rotatable bonds is 4. The zero-order valence-electron chi connectivity index (χ0n) is 12.7. The van der Waals surface area contributed by atoms with Gasteiger partial charge in [0, 0.05) is 0 Å². The van der Waals surface area contributed by atoms with Crippen molar-refractivity contribution in [3.8, 4) is 11.4 Å². The number of aromatic nitrogens is 2. The van der Waals surface area contributed by atoms with Gasteiger partial charge >= 0.3 is 0 Å². The summed E-state index contributed by atoms with van der Waals surface area (Å²) >= 11 is 0. The quantitative estimate of drug-likeness (QED) is 0.778. The lowest BCUT2D eigenvalue weighted by atomic mass is 10.1. The van der Waals surface area contributed by atoms with Gasteiger partial charge in [0.15, 0.2) is 0 Å². The van der Waals surface area contributed by atoms with Gasteiger partial charge in [-0.2, -0.15) is 5.10 Å². The van der Waals surface area contributed by atoms with Crippen LogP contribution in [0.25, 0.3) is 5.69 Å². The van der Waals surface area contributed by atoms with Crippen LogP contribution in [-0.4, -0.2) is 20.8 Å². The third-order valence-electron chi connectivity index (χ3n) is 3.47. The van der Waals surface area contributed by atoms with Crippen LogP contribution in [0.15, 0.2) is 60.8 Å². The lowest BCUT2D eigenvalue weighted by Crippen LogP contribution is -2.14. The van der Waals surface area contributed by atoms with Crippen LogP contribution in [-0.2, 0) is 11.2 Å². The van der Waals surface area contributed by atoms with Crippen molar-refractivity contribution in [1.29, 1.82) is 0 Å². The molecule has 0 fully saturated rings. The second-order valence-electron chi connectivity index (χ2n) is 5.30. The number of benzene rings is 2. The first-order chi connectivity index (χ1) is 11.1. The SMILES string of the molecule is Cc1nn(-c2ccccc2)cc1NC(=O)Cc1cccc(O)c1. The first kappa shape index (κ1) is 14.8. The van der Waals surface area contributed by atoms with E-state index in [0.717, 1.165) is 16.9 Å². The fourth-order valence-corrected chi connectivity index (χ4v) is 2.34. The Labute approximate surface area is 134 Å². The number of nitrogens with one attached hydrogen (secondary N) is 1. The summed E-state index contributed by atoms with van der Waals surface area (Å²) < 4.78 is 1.74. The molecule has 3 rings (SSSR count). The first-order valence-electron chi connectivity index (χ1n) is 7.31. The van der Waals surface area contributed by atoms with Gasteiger partial charge in [0.2, 0.25) is 5.91 Å². The third kappa shape index (κ3) is 3.58. The Bertz CT molecular complexity index is 825. The Morgan fingerprint density at radius 2 is 1.96 bits per heavy atom. The number of phenols is 1. The Morgan fingerprint density at radius 1 is 1.17 bits per heavy atom. The first-order valence-corrected chi connectivity index (χ1v) is 7.31. The van der Waals surface area contributed by atoms with Crippen molar-refractivity contribution < 1.29 is 9.90 Å². The molecule has 2 N–H and O–H groups in total. The predicted molar refractivity (Wildman–Crippen MR) is 88.7 cm³/mol. The minimum absolute atomic E-state index is 0.147. The highest BCUT2D eigenvalue weighted by Gasteiger charge is 2.10. The maximum absolute atomic E-state index is 12.2. The van der Waals surface area contributed by atoms with Gasteiger partial charge in [-0.15, -0.1) is 0 Å². The lowest BCUT2D eigenvalue weighted by molar-refractivity contribution is -0.115. The van der Waals surface area contributed by atoms with Gasteiger partial charge in [-0.05, 0) is 36.8 Å². The fraction of sp³-hybridized carbons (Fsp3) is 0.111. The molecule has 0 atom stereocenters. The van der Waals surface area contributed by atoms with Crippen molar-refractivity contribution in [3.05, 3.63) is 72.1 Å². The molecule has 0 saturated carbocycles. The van der Waals surface area contributed by atoms with E-state index < -0.39 is 0 Å². The zero-order valence-corrected chi connectivity index (χ0v) is 12.7. The molecule has 5 nitrogen and oxygen atoms in total. The van der Waals surface area contributed by atoms with Crippen LogP contribution in [0, 0.1) is 6.92 Å². The van der Waals surface area contributed by atoms with Crippen molar-refractivity contribution in [3.63, 3.8) is 0 Å². The number of anilines is 1. The molecule has 1 heterocycles. The number of amides is 1. The molecule has 0 saturated heterocycles. The van der Waals surface area contributed by atoms with Crippen molar-refractivity contribution in [2.45, 2.75) is 13.3 Å². The summed E-state index contributed by atoms with van der Waals surface area (Å²) in [5.74, 6) is 0.00897. The molecule has 1 aromatic heterocycles. The van der Waals surface area contributed by atoms with Crippen LogP contribution in [0.1, 0.15) is 11.3 Å². The molecule has 0 aliphatic heterocycles. The van der Waals surface area contributed by atoms with E-state index in [-0.39, 0.29) is 18.1 Å². The summed E-state index contributed by atoms with van der Waals surface area (Å²) in [5.41, 5.74) is 3.12.